The van der Waals surface area contributed by atoms with E-state index >= 15 is 0 Å². The summed E-state index contributed by atoms with van der Waals surface area (Å²) in [5.74, 6) is 1.34. The third-order valence-corrected chi connectivity index (χ3v) is 3.06. The predicted octanol–water partition coefficient (Wildman–Crippen LogP) is 3.33. The predicted molar refractivity (Wildman–Crippen MR) is 80.3 cm³/mol. The summed E-state index contributed by atoms with van der Waals surface area (Å²) in [5, 5.41) is 0.551. The largest absolute Gasteiger partial charge is 0.468 e. The van der Waals surface area contributed by atoms with Crippen LogP contribution in [0.3, 0.4) is 0 Å². The molecule has 0 aliphatic rings. The van der Waals surface area contributed by atoms with Gasteiger partial charge in [0.2, 0.25) is 0 Å². The zero-order valence-corrected chi connectivity index (χ0v) is 12.0. The number of nitrogens with zero attached hydrogens (tertiary/aromatic N) is 3. The van der Waals surface area contributed by atoms with Gasteiger partial charge in [0.05, 0.1) is 16.7 Å². The first-order valence-corrected chi connectivity index (χ1v) is 6.64. The lowest BCUT2D eigenvalue weighted by atomic mass is 10.2. The van der Waals surface area contributed by atoms with Gasteiger partial charge in [-0.2, -0.15) is 0 Å². The minimum atomic E-state index is 0.218. The van der Waals surface area contributed by atoms with Gasteiger partial charge in [-0.1, -0.05) is 11.6 Å². The van der Waals surface area contributed by atoms with Crippen LogP contribution in [0.2, 0.25) is 5.02 Å². The third kappa shape index (κ3) is 3.09. The lowest BCUT2D eigenvalue weighted by molar-refractivity contribution is 0.0511. The number of rotatable bonds is 4. The van der Waals surface area contributed by atoms with E-state index < -0.39 is 0 Å². The number of pyridine rings is 1. The van der Waals surface area contributed by atoms with Gasteiger partial charge >= 0.3 is 0 Å². The van der Waals surface area contributed by atoms with Gasteiger partial charge in [-0.3, -0.25) is 4.98 Å². The summed E-state index contributed by atoms with van der Waals surface area (Å²) >= 11 is 5.94. The second-order valence-corrected chi connectivity index (χ2v) is 4.76. The molecule has 0 fully saturated rings. The molecule has 3 rings (SSSR count). The molecule has 0 radical (unpaired) electrons. The van der Waals surface area contributed by atoms with Crippen LogP contribution in [0.5, 0.6) is 5.75 Å². The van der Waals surface area contributed by atoms with Gasteiger partial charge < -0.3 is 9.47 Å². The molecular formula is C15H12ClN3O2. The van der Waals surface area contributed by atoms with Gasteiger partial charge in [-0.15, -0.1) is 0 Å². The van der Waals surface area contributed by atoms with Crippen LogP contribution in [-0.4, -0.2) is 28.9 Å². The Bertz CT molecular complexity index is 762. The number of aromatic nitrogens is 3. The van der Waals surface area contributed by atoms with Crippen molar-refractivity contribution in [2.24, 2.45) is 0 Å². The van der Waals surface area contributed by atoms with E-state index in [2.05, 4.69) is 15.0 Å². The van der Waals surface area contributed by atoms with E-state index in [1.165, 1.54) is 0 Å². The topological polar surface area (TPSA) is 57.1 Å². The highest BCUT2D eigenvalue weighted by atomic mass is 35.5. The SMILES string of the molecule is COCOc1ccc(-c2ncc3ncc(Cl)cc3n2)cc1. The molecule has 0 aliphatic heterocycles. The number of fused-ring (bicyclic) bond motifs is 1. The van der Waals surface area contributed by atoms with Crippen molar-refractivity contribution in [2.75, 3.05) is 13.9 Å². The first-order chi connectivity index (χ1) is 10.3. The van der Waals surface area contributed by atoms with Crippen LogP contribution in [-0.2, 0) is 4.74 Å². The minimum absolute atomic E-state index is 0.218. The number of halogens is 1. The molecule has 2 aromatic heterocycles. The summed E-state index contributed by atoms with van der Waals surface area (Å²) in [4.78, 5) is 13.0. The summed E-state index contributed by atoms with van der Waals surface area (Å²) in [6.45, 7) is 0.218. The molecule has 0 saturated carbocycles. The van der Waals surface area contributed by atoms with Gasteiger partial charge in [0, 0.05) is 18.9 Å². The fourth-order valence-electron chi connectivity index (χ4n) is 1.86. The number of ether oxygens (including phenoxy) is 2. The fourth-order valence-corrected chi connectivity index (χ4v) is 2.01. The summed E-state index contributed by atoms with van der Waals surface area (Å²) in [6, 6.07) is 9.25. The average molecular weight is 302 g/mol. The standard InChI is InChI=1S/C15H12ClN3O2/c1-20-9-21-12-4-2-10(3-5-12)15-18-8-14-13(19-15)6-11(16)7-17-14/h2-8H,9H2,1H3. The molecule has 0 saturated heterocycles. The van der Waals surface area contributed by atoms with Crippen LogP contribution >= 0.6 is 11.6 Å². The maximum Gasteiger partial charge on any atom is 0.188 e. The summed E-state index contributed by atoms with van der Waals surface area (Å²) < 4.78 is 10.2. The van der Waals surface area contributed by atoms with Crippen molar-refractivity contribution in [3.05, 3.63) is 47.7 Å². The molecule has 0 aliphatic carbocycles. The zero-order chi connectivity index (χ0) is 14.7. The Hall–Kier alpha value is -2.24. The van der Waals surface area contributed by atoms with Crippen LogP contribution in [0.25, 0.3) is 22.4 Å². The van der Waals surface area contributed by atoms with Crippen LogP contribution in [0.1, 0.15) is 0 Å². The molecular weight excluding hydrogens is 290 g/mol. The first kappa shape index (κ1) is 13.7. The Morgan fingerprint density at radius 1 is 1.05 bits per heavy atom. The molecule has 0 N–H and O–H groups in total. The van der Waals surface area contributed by atoms with Gasteiger partial charge in [0.1, 0.15) is 11.3 Å². The monoisotopic (exact) mass is 301 g/mol. The molecule has 2 heterocycles. The van der Waals surface area contributed by atoms with E-state index in [4.69, 9.17) is 21.1 Å². The Morgan fingerprint density at radius 2 is 1.86 bits per heavy atom. The molecule has 0 atom stereocenters. The van der Waals surface area contributed by atoms with Gasteiger partial charge in [0.25, 0.3) is 0 Å². The van der Waals surface area contributed by atoms with Crippen LogP contribution in [0, 0.1) is 0 Å². The number of hydrogen-bond donors (Lipinski definition) is 0. The Morgan fingerprint density at radius 3 is 2.62 bits per heavy atom. The molecule has 0 spiro atoms. The Balaban J connectivity index is 1.92. The smallest absolute Gasteiger partial charge is 0.188 e. The van der Waals surface area contributed by atoms with E-state index in [-0.39, 0.29) is 6.79 Å². The number of hydrogen-bond acceptors (Lipinski definition) is 5. The maximum atomic E-state index is 5.94. The lowest BCUT2D eigenvalue weighted by Gasteiger charge is -2.06. The van der Waals surface area contributed by atoms with Crippen molar-refractivity contribution >= 4 is 22.6 Å². The highest BCUT2D eigenvalue weighted by Crippen LogP contribution is 2.21. The zero-order valence-electron chi connectivity index (χ0n) is 11.3. The van der Waals surface area contributed by atoms with Crippen molar-refractivity contribution in [2.45, 2.75) is 0 Å². The van der Waals surface area contributed by atoms with E-state index in [1.54, 1.807) is 25.6 Å². The highest BCUT2D eigenvalue weighted by molar-refractivity contribution is 6.31. The molecule has 6 heteroatoms. The van der Waals surface area contributed by atoms with E-state index in [0.717, 1.165) is 11.3 Å². The van der Waals surface area contributed by atoms with Crippen molar-refractivity contribution in [1.29, 1.82) is 0 Å². The van der Waals surface area contributed by atoms with E-state index in [9.17, 15) is 0 Å². The summed E-state index contributed by atoms with van der Waals surface area (Å²) in [7, 11) is 1.58. The fraction of sp³-hybridized carbons (Fsp3) is 0.133. The number of methoxy groups -OCH3 is 1. The first-order valence-electron chi connectivity index (χ1n) is 6.27. The van der Waals surface area contributed by atoms with Gasteiger partial charge in [0.15, 0.2) is 12.6 Å². The number of benzene rings is 1. The highest BCUT2D eigenvalue weighted by Gasteiger charge is 2.05. The molecule has 0 unspecified atom stereocenters. The maximum absolute atomic E-state index is 5.94. The molecule has 21 heavy (non-hydrogen) atoms. The van der Waals surface area contributed by atoms with Crippen LogP contribution in [0.15, 0.2) is 42.7 Å². The van der Waals surface area contributed by atoms with Gasteiger partial charge in [-0.05, 0) is 30.3 Å². The average Bonchev–Trinajstić information content (AvgIpc) is 2.52. The summed E-state index contributed by atoms with van der Waals surface area (Å²) in [6.07, 6.45) is 3.26. The van der Waals surface area contributed by atoms with Crippen molar-refractivity contribution < 1.29 is 9.47 Å². The van der Waals surface area contributed by atoms with Crippen molar-refractivity contribution in [1.82, 2.24) is 15.0 Å². The van der Waals surface area contributed by atoms with E-state index in [1.807, 2.05) is 24.3 Å². The molecule has 0 bridgehead atoms. The quantitative estimate of drug-likeness (QED) is 0.692. The molecule has 1 aromatic carbocycles. The van der Waals surface area contributed by atoms with Gasteiger partial charge in [-0.25, -0.2) is 9.97 Å². The Labute approximate surface area is 126 Å². The molecule has 106 valence electrons. The molecule has 5 nitrogen and oxygen atoms in total. The molecule has 3 aromatic rings. The third-order valence-electron chi connectivity index (χ3n) is 2.86. The van der Waals surface area contributed by atoms with Crippen LogP contribution < -0.4 is 4.74 Å². The lowest BCUT2D eigenvalue weighted by Crippen LogP contribution is -1.98. The minimum Gasteiger partial charge on any atom is -0.468 e. The van der Waals surface area contributed by atoms with Crippen LogP contribution in [0.4, 0.5) is 0 Å². The van der Waals surface area contributed by atoms with Crippen molar-refractivity contribution in [3.63, 3.8) is 0 Å². The second kappa shape index (κ2) is 6.03. The molecule has 0 amide bonds. The van der Waals surface area contributed by atoms with Crippen molar-refractivity contribution in [3.8, 4) is 17.1 Å². The second-order valence-electron chi connectivity index (χ2n) is 4.33. The van der Waals surface area contributed by atoms with E-state index in [0.29, 0.717) is 21.9 Å². The summed E-state index contributed by atoms with van der Waals surface area (Å²) in [5.41, 5.74) is 2.32. The normalized spacial score (nSPS) is 10.8. The Kier molecular flexibility index (Phi) is 3.94.